The average molecular weight is 214 g/mol. The van der Waals surface area contributed by atoms with Crippen molar-refractivity contribution >= 4 is 11.9 Å². The zero-order valence-electron chi connectivity index (χ0n) is 9.17. The molecule has 0 heterocycles. The molecule has 0 aliphatic carbocycles. The van der Waals surface area contributed by atoms with E-state index in [0.717, 1.165) is 12.5 Å². The summed E-state index contributed by atoms with van der Waals surface area (Å²) in [5, 5.41) is 14.0. The minimum absolute atomic E-state index is 0.0695. The van der Waals surface area contributed by atoms with Crippen LogP contribution in [0.1, 0.15) is 20.3 Å². The molecule has 0 fully saturated rings. The summed E-state index contributed by atoms with van der Waals surface area (Å²) in [6.45, 7) is 4.97. The Morgan fingerprint density at radius 3 is 2.53 bits per heavy atom. The third-order valence-corrected chi connectivity index (χ3v) is 1.63. The van der Waals surface area contributed by atoms with Gasteiger partial charge in [0.05, 0.1) is 6.54 Å². The standard InChI is InChI=1S/C10H18N2O3/c1-3-4-12-9(13)7-11-6-8(2)5-10(14)15/h5,11H,3-4,6-7H2,1-2H3,(H,12,13)(H,14,15). The maximum Gasteiger partial charge on any atom is 0.328 e. The van der Waals surface area contributed by atoms with Crippen LogP contribution < -0.4 is 10.6 Å². The van der Waals surface area contributed by atoms with E-state index < -0.39 is 5.97 Å². The van der Waals surface area contributed by atoms with Gasteiger partial charge in [-0.2, -0.15) is 0 Å². The molecule has 1 amide bonds. The highest BCUT2D eigenvalue weighted by Crippen LogP contribution is 1.88. The second-order valence-electron chi connectivity index (χ2n) is 3.28. The van der Waals surface area contributed by atoms with Crippen LogP contribution in [0.3, 0.4) is 0 Å². The van der Waals surface area contributed by atoms with E-state index in [9.17, 15) is 9.59 Å². The molecule has 5 nitrogen and oxygen atoms in total. The van der Waals surface area contributed by atoms with E-state index in [4.69, 9.17) is 5.11 Å². The molecule has 0 rings (SSSR count). The van der Waals surface area contributed by atoms with E-state index in [0.29, 0.717) is 18.7 Å². The molecule has 0 saturated carbocycles. The monoisotopic (exact) mass is 214 g/mol. The number of carboxylic acid groups (broad SMARTS) is 1. The number of nitrogens with one attached hydrogen (secondary N) is 2. The quantitative estimate of drug-likeness (QED) is 0.526. The van der Waals surface area contributed by atoms with Crippen LogP contribution in [0, 0.1) is 0 Å². The van der Waals surface area contributed by atoms with Crippen molar-refractivity contribution in [2.45, 2.75) is 20.3 Å². The highest BCUT2D eigenvalue weighted by atomic mass is 16.4. The minimum atomic E-state index is -0.968. The van der Waals surface area contributed by atoms with Crippen LogP contribution in [0.15, 0.2) is 11.6 Å². The highest BCUT2D eigenvalue weighted by Gasteiger charge is 1.99. The van der Waals surface area contributed by atoms with Gasteiger partial charge in [0, 0.05) is 19.2 Å². The number of rotatable bonds is 7. The molecule has 0 aromatic heterocycles. The van der Waals surface area contributed by atoms with Crippen molar-refractivity contribution in [3.8, 4) is 0 Å². The summed E-state index contributed by atoms with van der Waals surface area (Å²) < 4.78 is 0. The van der Waals surface area contributed by atoms with E-state index >= 15 is 0 Å². The first-order valence-corrected chi connectivity index (χ1v) is 4.93. The average Bonchev–Trinajstić information content (AvgIpc) is 2.13. The number of hydrogen-bond donors (Lipinski definition) is 3. The largest absolute Gasteiger partial charge is 0.478 e. The number of amides is 1. The maximum absolute atomic E-state index is 11.1. The Hall–Kier alpha value is -1.36. The molecular weight excluding hydrogens is 196 g/mol. The molecule has 0 aliphatic heterocycles. The molecular formula is C10H18N2O3. The van der Waals surface area contributed by atoms with Gasteiger partial charge in [-0.3, -0.25) is 4.79 Å². The predicted octanol–water partition coefficient (Wildman–Crippen LogP) is 0.133. The third kappa shape index (κ3) is 8.96. The molecule has 0 aromatic rings. The zero-order valence-corrected chi connectivity index (χ0v) is 9.17. The molecule has 0 bridgehead atoms. The Morgan fingerprint density at radius 1 is 1.33 bits per heavy atom. The van der Waals surface area contributed by atoms with Crippen LogP contribution in [0.25, 0.3) is 0 Å². The van der Waals surface area contributed by atoms with E-state index in [-0.39, 0.29) is 12.5 Å². The highest BCUT2D eigenvalue weighted by molar-refractivity contribution is 5.80. The fourth-order valence-corrected chi connectivity index (χ4v) is 0.962. The Labute approximate surface area is 89.6 Å². The van der Waals surface area contributed by atoms with Crippen molar-refractivity contribution in [1.29, 1.82) is 0 Å². The van der Waals surface area contributed by atoms with Crippen LogP contribution >= 0.6 is 0 Å². The lowest BCUT2D eigenvalue weighted by molar-refractivity contribution is -0.131. The van der Waals surface area contributed by atoms with Crippen molar-refractivity contribution < 1.29 is 14.7 Å². The summed E-state index contributed by atoms with van der Waals surface area (Å²) in [6, 6.07) is 0. The van der Waals surface area contributed by atoms with Crippen LogP contribution in [0.2, 0.25) is 0 Å². The fourth-order valence-electron chi connectivity index (χ4n) is 0.962. The van der Waals surface area contributed by atoms with Crippen LogP contribution in [0.4, 0.5) is 0 Å². The van der Waals surface area contributed by atoms with Crippen LogP contribution in [0.5, 0.6) is 0 Å². The van der Waals surface area contributed by atoms with Gasteiger partial charge in [0.25, 0.3) is 0 Å². The van der Waals surface area contributed by atoms with E-state index in [1.807, 2.05) is 6.92 Å². The van der Waals surface area contributed by atoms with Crippen molar-refractivity contribution in [3.63, 3.8) is 0 Å². The molecule has 0 saturated heterocycles. The molecule has 15 heavy (non-hydrogen) atoms. The van der Waals surface area contributed by atoms with Crippen LogP contribution in [-0.2, 0) is 9.59 Å². The Balaban J connectivity index is 3.61. The first-order valence-electron chi connectivity index (χ1n) is 4.93. The van der Waals surface area contributed by atoms with Gasteiger partial charge in [-0.15, -0.1) is 0 Å². The van der Waals surface area contributed by atoms with Gasteiger partial charge < -0.3 is 15.7 Å². The Bertz CT molecular complexity index is 249. The Kier molecular flexibility index (Phi) is 7.27. The topological polar surface area (TPSA) is 78.4 Å². The SMILES string of the molecule is CCCNC(=O)CNCC(C)=CC(=O)O. The maximum atomic E-state index is 11.1. The van der Waals surface area contributed by atoms with Gasteiger partial charge in [-0.25, -0.2) is 4.79 Å². The molecule has 0 radical (unpaired) electrons. The normalized spacial score (nSPS) is 11.2. The summed E-state index contributed by atoms with van der Waals surface area (Å²) in [6.07, 6.45) is 2.03. The number of carbonyl (C=O) groups excluding carboxylic acids is 1. The minimum Gasteiger partial charge on any atom is -0.478 e. The molecule has 0 aliphatic rings. The first kappa shape index (κ1) is 13.6. The fraction of sp³-hybridized carbons (Fsp3) is 0.600. The smallest absolute Gasteiger partial charge is 0.328 e. The molecule has 3 N–H and O–H groups in total. The van der Waals surface area contributed by atoms with E-state index in [2.05, 4.69) is 10.6 Å². The van der Waals surface area contributed by atoms with Gasteiger partial charge in [-0.05, 0) is 13.3 Å². The van der Waals surface area contributed by atoms with Gasteiger partial charge in [-0.1, -0.05) is 12.5 Å². The number of carboxylic acids is 1. The second-order valence-corrected chi connectivity index (χ2v) is 3.28. The predicted molar refractivity (Wildman–Crippen MR) is 57.6 cm³/mol. The lowest BCUT2D eigenvalue weighted by Crippen LogP contribution is -2.34. The summed E-state index contributed by atoms with van der Waals surface area (Å²) in [5.74, 6) is -1.04. The number of hydrogen-bond acceptors (Lipinski definition) is 3. The molecule has 0 spiro atoms. The van der Waals surface area contributed by atoms with Gasteiger partial charge >= 0.3 is 5.97 Å². The van der Waals surface area contributed by atoms with Crippen LogP contribution in [-0.4, -0.2) is 36.6 Å². The number of aliphatic carboxylic acids is 1. The lowest BCUT2D eigenvalue weighted by Gasteiger charge is -2.05. The van der Waals surface area contributed by atoms with Crippen molar-refractivity contribution in [1.82, 2.24) is 10.6 Å². The first-order chi connectivity index (χ1) is 7.06. The van der Waals surface area contributed by atoms with Crippen molar-refractivity contribution in [2.75, 3.05) is 19.6 Å². The summed E-state index contributed by atoms with van der Waals surface area (Å²) in [5.41, 5.74) is 0.686. The molecule has 86 valence electrons. The number of carbonyl (C=O) groups is 2. The van der Waals surface area contributed by atoms with E-state index in [1.165, 1.54) is 0 Å². The molecule has 0 atom stereocenters. The molecule has 0 unspecified atom stereocenters. The van der Waals surface area contributed by atoms with Crippen molar-refractivity contribution in [3.05, 3.63) is 11.6 Å². The second kappa shape index (κ2) is 7.99. The summed E-state index contributed by atoms with van der Waals surface area (Å²) in [7, 11) is 0. The summed E-state index contributed by atoms with van der Waals surface area (Å²) in [4.78, 5) is 21.4. The van der Waals surface area contributed by atoms with Gasteiger partial charge in [0.2, 0.25) is 5.91 Å². The molecule has 5 heteroatoms. The lowest BCUT2D eigenvalue weighted by atomic mass is 10.3. The van der Waals surface area contributed by atoms with Gasteiger partial charge in [0.15, 0.2) is 0 Å². The van der Waals surface area contributed by atoms with E-state index in [1.54, 1.807) is 6.92 Å². The zero-order chi connectivity index (χ0) is 11.7. The third-order valence-electron chi connectivity index (χ3n) is 1.63. The molecule has 0 aromatic carbocycles. The summed E-state index contributed by atoms with van der Waals surface area (Å²) >= 11 is 0. The van der Waals surface area contributed by atoms with Crippen molar-refractivity contribution in [2.24, 2.45) is 0 Å². The van der Waals surface area contributed by atoms with Gasteiger partial charge in [0.1, 0.15) is 0 Å². The Morgan fingerprint density at radius 2 is 2.00 bits per heavy atom.